The highest BCUT2D eigenvalue weighted by molar-refractivity contribution is 6.30. The number of aromatic nitrogens is 1. The largest absolute Gasteiger partial charge is 0.357 e. The molecule has 0 bridgehead atoms. The second-order valence-corrected chi connectivity index (χ2v) is 6.48. The Morgan fingerprint density at radius 3 is 2.42 bits per heavy atom. The highest BCUT2D eigenvalue weighted by atomic mass is 35.5. The fourth-order valence-electron chi connectivity index (χ4n) is 2.91. The molecule has 1 fully saturated rings. The summed E-state index contributed by atoms with van der Waals surface area (Å²) in [5.74, 6) is 0.0729. The van der Waals surface area contributed by atoms with Crippen molar-refractivity contribution in [3.8, 4) is 0 Å². The van der Waals surface area contributed by atoms with E-state index in [1.807, 2.05) is 35.0 Å². The SMILES string of the molecule is Cn1ccc(CC(=O)N2CCN(C(=O)c3cccc(Cl)c3)CC2)c1. The van der Waals surface area contributed by atoms with E-state index in [2.05, 4.69) is 0 Å². The number of hydrogen-bond acceptors (Lipinski definition) is 2. The summed E-state index contributed by atoms with van der Waals surface area (Å²) in [7, 11) is 1.94. The molecular weight excluding hydrogens is 326 g/mol. The zero-order valence-corrected chi connectivity index (χ0v) is 14.4. The van der Waals surface area contributed by atoms with Gasteiger partial charge in [0.25, 0.3) is 5.91 Å². The number of benzene rings is 1. The monoisotopic (exact) mass is 345 g/mol. The van der Waals surface area contributed by atoms with Crippen molar-refractivity contribution in [1.82, 2.24) is 14.4 Å². The first-order chi connectivity index (χ1) is 11.5. The summed E-state index contributed by atoms with van der Waals surface area (Å²) in [5, 5.41) is 0.553. The maximum absolute atomic E-state index is 12.5. The molecule has 2 amide bonds. The number of piperazine rings is 1. The van der Waals surface area contributed by atoms with Gasteiger partial charge in [-0.15, -0.1) is 0 Å². The van der Waals surface area contributed by atoms with E-state index in [9.17, 15) is 9.59 Å². The molecule has 0 spiro atoms. The van der Waals surface area contributed by atoms with Gasteiger partial charge in [0.05, 0.1) is 6.42 Å². The Morgan fingerprint density at radius 2 is 1.79 bits per heavy atom. The third-order valence-corrected chi connectivity index (χ3v) is 4.47. The van der Waals surface area contributed by atoms with Crippen LogP contribution in [0.15, 0.2) is 42.7 Å². The molecule has 1 aliphatic heterocycles. The van der Waals surface area contributed by atoms with Crippen molar-refractivity contribution in [2.45, 2.75) is 6.42 Å². The second-order valence-electron chi connectivity index (χ2n) is 6.05. The molecule has 0 saturated carbocycles. The summed E-state index contributed by atoms with van der Waals surface area (Å²) in [6.07, 6.45) is 4.30. The molecule has 3 rings (SSSR count). The first-order valence-corrected chi connectivity index (χ1v) is 8.34. The fraction of sp³-hybridized carbons (Fsp3) is 0.333. The third-order valence-electron chi connectivity index (χ3n) is 4.24. The van der Waals surface area contributed by atoms with Crippen LogP contribution in [-0.2, 0) is 18.3 Å². The minimum Gasteiger partial charge on any atom is -0.357 e. The van der Waals surface area contributed by atoms with Gasteiger partial charge in [-0.1, -0.05) is 17.7 Å². The van der Waals surface area contributed by atoms with E-state index in [4.69, 9.17) is 11.6 Å². The summed E-state index contributed by atoms with van der Waals surface area (Å²) in [4.78, 5) is 28.5. The van der Waals surface area contributed by atoms with Crippen LogP contribution >= 0.6 is 11.6 Å². The van der Waals surface area contributed by atoms with Crippen LogP contribution in [0.3, 0.4) is 0 Å². The van der Waals surface area contributed by atoms with Crippen LogP contribution in [0.2, 0.25) is 5.02 Å². The van der Waals surface area contributed by atoms with E-state index in [1.54, 1.807) is 29.2 Å². The Balaban J connectivity index is 1.55. The lowest BCUT2D eigenvalue weighted by Gasteiger charge is -2.35. The minimum atomic E-state index is -0.0346. The normalized spacial score (nSPS) is 14.8. The molecule has 1 saturated heterocycles. The molecule has 0 atom stereocenters. The molecule has 2 aromatic rings. The molecule has 1 aromatic heterocycles. The predicted molar refractivity (Wildman–Crippen MR) is 93.1 cm³/mol. The number of aryl methyl sites for hydroxylation is 1. The average molecular weight is 346 g/mol. The minimum absolute atomic E-state index is 0.0346. The molecule has 0 radical (unpaired) electrons. The summed E-state index contributed by atoms with van der Waals surface area (Å²) in [6.45, 7) is 2.23. The Labute approximate surface area is 146 Å². The van der Waals surface area contributed by atoms with Crippen LogP contribution in [0.4, 0.5) is 0 Å². The summed E-state index contributed by atoms with van der Waals surface area (Å²) in [5.41, 5.74) is 1.60. The fourth-order valence-corrected chi connectivity index (χ4v) is 3.11. The Kier molecular flexibility index (Phi) is 4.90. The topological polar surface area (TPSA) is 45.6 Å². The molecule has 24 heavy (non-hydrogen) atoms. The predicted octanol–water partition coefficient (Wildman–Crippen LogP) is 2.21. The van der Waals surface area contributed by atoms with Gasteiger partial charge in [0.15, 0.2) is 0 Å². The first-order valence-electron chi connectivity index (χ1n) is 7.96. The van der Waals surface area contributed by atoms with Gasteiger partial charge in [-0.3, -0.25) is 9.59 Å². The quantitative estimate of drug-likeness (QED) is 0.856. The number of halogens is 1. The van der Waals surface area contributed by atoms with Crippen molar-refractivity contribution in [1.29, 1.82) is 0 Å². The number of carbonyl (C=O) groups excluding carboxylic acids is 2. The molecule has 0 unspecified atom stereocenters. The van der Waals surface area contributed by atoms with Crippen molar-refractivity contribution >= 4 is 23.4 Å². The lowest BCUT2D eigenvalue weighted by molar-refractivity contribution is -0.131. The molecule has 0 aliphatic carbocycles. The molecule has 5 nitrogen and oxygen atoms in total. The highest BCUT2D eigenvalue weighted by Gasteiger charge is 2.25. The Morgan fingerprint density at radius 1 is 1.08 bits per heavy atom. The van der Waals surface area contributed by atoms with Gasteiger partial charge in [-0.2, -0.15) is 0 Å². The highest BCUT2D eigenvalue weighted by Crippen LogP contribution is 2.14. The average Bonchev–Trinajstić information content (AvgIpc) is 2.99. The van der Waals surface area contributed by atoms with Crippen molar-refractivity contribution in [3.05, 3.63) is 58.9 Å². The zero-order valence-electron chi connectivity index (χ0n) is 13.6. The zero-order chi connectivity index (χ0) is 17.1. The lowest BCUT2D eigenvalue weighted by atomic mass is 10.1. The number of rotatable bonds is 3. The van der Waals surface area contributed by atoms with Gasteiger partial charge in [0.1, 0.15) is 0 Å². The Bertz CT molecular complexity index is 748. The van der Waals surface area contributed by atoms with Gasteiger partial charge in [0, 0.05) is 56.2 Å². The number of carbonyl (C=O) groups is 2. The molecule has 1 aliphatic rings. The van der Waals surface area contributed by atoms with Crippen molar-refractivity contribution in [3.63, 3.8) is 0 Å². The smallest absolute Gasteiger partial charge is 0.254 e. The van der Waals surface area contributed by atoms with Crippen LogP contribution in [0.5, 0.6) is 0 Å². The molecule has 6 heteroatoms. The first kappa shape index (κ1) is 16.6. The third kappa shape index (κ3) is 3.79. The molecular formula is C18H20ClN3O2. The number of hydrogen-bond donors (Lipinski definition) is 0. The van der Waals surface area contributed by atoms with E-state index in [0.717, 1.165) is 5.56 Å². The van der Waals surface area contributed by atoms with E-state index in [1.165, 1.54) is 0 Å². The van der Waals surface area contributed by atoms with Gasteiger partial charge in [-0.25, -0.2) is 0 Å². The van der Waals surface area contributed by atoms with Crippen LogP contribution in [0.1, 0.15) is 15.9 Å². The van der Waals surface area contributed by atoms with Crippen molar-refractivity contribution in [2.75, 3.05) is 26.2 Å². The maximum Gasteiger partial charge on any atom is 0.254 e. The van der Waals surface area contributed by atoms with Crippen LogP contribution in [0, 0.1) is 0 Å². The van der Waals surface area contributed by atoms with Crippen molar-refractivity contribution < 1.29 is 9.59 Å². The molecule has 0 N–H and O–H groups in total. The summed E-state index contributed by atoms with van der Waals surface area (Å²) < 4.78 is 1.93. The van der Waals surface area contributed by atoms with Gasteiger partial charge >= 0.3 is 0 Å². The van der Waals surface area contributed by atoms with Gasteiger partial charge in [0.2, 0.25) is 5.91 Å². The van der Waals surface area contributed by atoms with E-state index in [0.29, 0.717) is 43.2 Å². The molecule has 2 heterocycles. The Hall–Kier alpha value is -2.27. The van der Waals surface area contributed by atoms with Crippen LogP contribution in [0.25, 0.3) is 0 Å². The molecule has 126 valence electrons. The number of nitrogens with zero attached hydrogens (tertiary/aromatic N) is 3. The van der Waals surface area contributed by atoms with E-state index in [-0.39, 0.29) is 11.8 Å². The van der Waals surface area contributed by atoms with Gasteiger partial charge < -0.3 is 14.4 Å². The summed E-state index contributed by atoms with van der Waals surface area (Å²) in [6, 6.07) is 8.92. The van der Waals surface area contributed by atoms with Crippen LogP contribution in [-0.4, -0.2) is 52.4 Å². The number of amides is 2. The van der Waals surface area contributed by atoms with Crippen molar-refractivity contribution in [2.24, 2.45) is 7.05 Å². The summed E-state index contributed by atoms with van der Waals surface area (Å²) >= 11 is 5.95. The van der Waals surface area contributed by atoms with E-state index >= 15 is 0 Å². The second kappa shape index (κ2) is 7.09. The maximum atomic E-state index is 12.5. The molecule has 1 aromatic carbocycles. The van der Waals surface area contributed by atoms with Gasteiger partial charge in [-0.05, 0) is 29.8 Å². The van der Waals surface area contributed by atoms with Crippen LogP contribution < -0.4 is 0 Å². The lowest BCUT2D eigenvalue weighted by Crippen LogP contribution is -2.51. The standard InChI is InChI=1S/C18H20ClN3O2/c1-20-6-5-14(13-20)11-17(23)21-7-9-22(10-8-21)18(24)15-3-2-4-16(19)12-15/h2-6,12-13H,7-11H2,1H3. The van der Waals surface area contributed by atoms with E-state index < -0.39 is 0 Å².